The number of rotatable bonds is 10. The Morgan fingerprint density at radius 2 is 1.80 bits per heavy atom. The SMILES string of the molecule is COCCN(CCOC)CCC(O)c1cccc(F)c1. The number of hydrogen-bond donors (Lipinski definition) is 1. The summed E-state index contributed by atoms with van der Waals surface area (Å²) in [5.74, 6) is -0.322. The lowest BCUT2D eigenvalue weighted by molar-refractivity contribution is 0.0944. The van der Waals surface area contributed by atoms with Crippen LogP contribution in [0.5, 0.6) is 0 Å². The van der Waals surface area contributed by atoms with Crippen LogP contribution in [-0.2, 0) is 9.47 Å². The van der Waals surface area contributed by atoms with E-state index in [9.17, 15) is 9.50 Å². The molecule has 1 N–H and O–H groups in total. The fourth-order valence-electron chi connectivity index (χ4n) is 1.96. The van der Waals surface area contributed by atoms with Crippen molar-refractivity contribution in [3.8, 4) is 0 Å². The summed E-state index contributed by atoms with van der Waals surface area (Å²) in [6.45, 7) is 3.56. The van der Waals surface area contributed by atoms with Crippen LogP contribution >= 0.6 is 0 Å². The van der Waals surface area contributed by atoms with Crippen LogP contribution in [0.15, 0.2) is 24.3 Å². The Hall–Kier alpha value is -1.01. The lowest BCUT2D eigenvalue weighted by Crippen LogP contribution is -2.32. The highest BCUT2D eigenvalue weighted by atomic mass is 19.1. The van der Waals surface area contributed by atoms with Crippen molar-refractivity contribution in [1.29, 1.82) is 0 Å². The second-order valence-electron chi connectivity index (χ2n) is 4.69. The van der Waals surface area contributed by atoms with Gasteiger partial charge >= 0.3 is 0 Å². The minimum atomic E-state index is -0.654. The molecule has 0 aliphatic rings. The molecule has 1 rings (SSSR count). The van der Waals surface area contributed by atoms with Crippen LogP contribution in [0.4, 0.5) is 4.39 Å². The Kier molecular flexibility index (Phi) is 8.37. The second kappa shape index (κ2) is 9.83. The van der Waals surface area contributed by atoms with Gasteiger partial charge in [-0.05, 0) is 24.1 Å². The van der Waals surface area contributed by atoms with E-state index in [1.165, 1.54) is 12.1 Å². The Morgan fingerprint density at radius 1 is 1.15 bits per heavy atom. The van der Waals surface area contributed by atoms with Crippen LogP contribution in [-0.4, -0.2) is 57.1 Å². The summed E-state index contributed by atoms with van der Waals surface area (Å²) < 4.78 is 23.2. The van der Waals surface area contributed by atoms with Gasteiger partial charge in [0.15, 0.2) is 0 Å². The number of halogens is 1. The average Bonchev–Trinajstić information content (AvgIpc) is 2.46. The summed E-state index contributed by atoms with van der Waals surface area (Å²) in [5.41, 5.74) is 0.614. The third kappa shape index (κ3) is 6.43. The van der Waals surface area contributed by atoms with E-state index in [2.05, 4.69) is 4.90 Å². The number of benzene rings is 1. The van der Waals surface area contributed by atoms with E-state index < -0.39 is 6.10 Å². The quantitative estimate of drug-likeness (QED) is 0.712. The Labute approximate surface area is 120 Å². The number of aliphatic hydroxyl groups excluding tert-OH is 1. The van der Waals surface area contributed by atoms with Gasteiger partial charge < -0.3 is 14.6 Å². The highest BCUT2D eigenvalue weighted by Gasteiger charge is 2.11. The minimum Gasteiger partial charge on any atom is -0.388 e. The summed E-state index contributed by atoms with van der Waals surface area (Å²) in [6, 6.07) is 6.10. The fraction of sp³-hybridized carbons (Fsp3) is 0.600. The molecule has 0 bridgehead atoms. The van der Waals surface area contributed by atoms with Gasteiger partial charge in [0.2, 0.25) is 0 Å². The maximum absolute atomic E-state index is 13.1. The molecule has 5 heteroatoms. The van der Waals surface area contributed by atoms with Gasteiger partial charge in [-0.2, -0.15) is 0 Å². The summed E-state index contributed by atoms with van der Waals surface area (Å²) in [4.78, 5) is 2.16. The number of nitrogens with zero attached hydrogens (tertiary/aromatic N) is 1. The van der Waals surface area contributed by atoms with Crippen LogP contribution in [0.25, 0.3) is 0 Å². The van der Waals surface area contributed by atoms with Crippen molar-refractivity contribution in [3.05, 3.63) is 35.6 Å². The van der Waals surface area contributed by atoms with Gasteiger partial charge in [0.25, 0.3) is 0 Å². The van der Waals surface area contributed by atoms with E-state index in [0.717, 1.165) is 13.1 Å². The second-order valence-corrected chi connectivity index (χ2v) is 4.69. The zero-order valence-corrected chi connectivity index (χ0v) is 12.2. The highest BCUT2D eigenvalue weighted by Crippen LogP contribution is 2.17. The molecule has 0 aliphatic heterocycles. The van der Waals surface area contributed by atoms with E-state index in [1.54, 1.807) is 26.4 Å². The Balaban J connectivity index is 2.44. The Morgan fingerprint density at radius 3 is 2.35 bits per heavy atom. The first-order chi connectivity index (χ1) is 9.67. The van der Waals surface area contributed by atoms with Crippen LogP contribution < -0.4 is 0 Å². The summed E-state index contributed by atoms with van der Waals surface area (Å²) in [5, 5.41) is 10.1. The third-order valence-corrected chi connectivity index (χ3v) is 3.18. The minimum absolute atomic E-state index is 0.322. The molecule has 0 aliphatic carbocycles. The number of ether oxygens (including phenoxy) is 2. The zero-order valence-electron chi connectivity index (χ0n) is 12.2. The van der Waals surface area contributed by atoms with Crippen molar-refractivity contribution in [2.24, 2.45) is 0 Å². The molecule has 0 aromatic heterocycles. The standard InChI is InChI=1S/C15H24FNO3/c1-19-10-8-17(9-11-20-2)7-6-15(18)13-4-3-5-14(16)12-13/h3-5,12,15,18H,6-11H2,1-2H3. The molecule has 1 unspecified atom stereocenters. The van der Waals surface area contributed by atoms with E-state index in [1.807, 2.05) is 0 Å². The lowest BCUT2D eigenvalue weighted by Gasteiger charge is -2.23. The maximum Gasteiger partial charge on any atom is 0.123 e. The van der Waals surface area contributed by atoms with Gasteiger partial charge in [0.05, 0.1) is 19.3 Å². The van der Waals surface area contributed by atoms with E-state index >= 15 is 0 Å². The number of methoxy groups -OCH3 is 2. The van der Waals surface area contributed by atoms with E-state index in [4.69, 9.17) is 9.47 Å². The van der Waals surface area contributed by atoms with Crippen molar-refractivity contribution < 1.29 is 19.0 Å². The van der Waals surface area contributed by atoms with Gasteiger partial charge in [-0.15, -0.1) is 0 Å². The molecule has 114 valence electrons. The van der Waals surface area contributed by atoms with Gasteiger partial charge in [0, 0.05) is 33.9 Å². The molecule has 1 atom stereocenters. The molecule has 0 spiro atoms. The van der Waals surface area contributed by atoms with Gasteiger partial charge in [-0.3, -0.25) is 4.90 Å². The summed E-state index contributed by atoms with van der Waals surface area (Å²) in [6.07, 6.45) is -0.102. The smallest absolute Gasteiger partial charge is 0.123 e. The van der Waals surface area contributed by atoms with E-state index in [0.29, 0.717) is 31.7 Å². The molecule has 0 fully saturated rings. The Bertz CT molecular complexity index is 368. The van der Waals surface area contributed by atoms with E-state index in [-0.39, 0.29) is 5.82 Å². The molecule has 0 radical (unpaired) electrons. The fourth-order valence-corrected chi connectivity index (χ4v) is 1.96. The molecular weight excluding hydrogens is 261 g/mol. The third-order valence-electron chi connectivity index (χ3n) is 3.18. The summed E-state index contributed by atoms with van der Waals surface area (Å²) >= 11 is 0. The molecule has 1 aromatic carbocycles. The topological polar surface area (TPSA) is 41.9 Å². The predicted molar refractivity (Wildman–Crippen MR) is 76.2 cm³/mol. The molecule has 0 saturated carbocycles. The van der Waals surface area contributed by atoms with Gasteiger partial charge in [-0.25, -0.2) is 4.39 Å². The predicted octanol–water partition coefficient (Wildman–Crippen LogP) is 1.84. The van der Waals surface area contributed by atoms with Crippen LogP contribution in [0.1, 0.15) is 18.1 Å². The average molecular weight is 285 g/mol. The number of hydrogen-bond acceptors (Lipinski definition) is 4. The van der Waals surface area contributed by atoms with Crippen molar-refractivity contribution in [3.63, 3.8) is 0 Å². The van der Waals surface area contributed by atoms with Crippen LogP contribution in [0, 0.1) is 5.82 Å². The van der Waals surface area contributed by atoms with Crippen molar-refractivity contribution in [1.82, 2.24) is 4.90 Å². The first-order valence-electron chi connectivity index (χ1n) is 6.81. The normalized spacial score (nSPS) is 12.8. The molecular formula is C15H24FNO3. The zero-order chi connectivity index (χ0) is 14.8. The largest absolute Gasteiger partial charge is 0.388 e. The first-order valence-corrected chi connectivity index (χ1v) is 6.81. The van der Waals surface area contributed by atoms with Crippen LogP contribution in [0.2, 0.25) is 0 Å². The molecule has 1 aromatic rings. The maximum atomic E-state index is 13.1. The van der Waals surface area contributed by atoms with Crippen molar-refractivity contribution in [2.75, 3.05) is 47.1 Å². The van der Waals surface area contributed by atoms with Gasteiger partial charge in [0.1, 0.15) is 5.82 Å². The number of aliphatic hydroxyl groups is 1. The monoisotopic (exact) mass is 285 g/mol. The molecule has 0 amide bonds. The lowest BCUT2D eigenvalue weighted by atomic mass is 10.1. The molecule has 0 saturated heterocycles. The van der Waals surface area contributed by atoms with Crippen molar-refractivity contribution >= 4 is 0 Å². The van der Waals surface area contributed by atoms with Crippen molar-refractivity contribution in [2.45, 2.75) is 12.5 Å². The summed E-state index contributed by atoms with van der Waals surface area (Å²) in [7, 11) is 3.33. The molecule has 0 heterocycles. The molecule has 20 heavy (non-hydrogen) atoms. The first kappa shape index (κ1) is 17.0. The highest BCUT2D eigenvalue weighted by molar-refractivity contribution is 5.18. The van der Waals surface area contributed by atoms with Crippen LogP contribution in [0.3, 0.4) is 0 Å². The van der Waals surface area contributed by atoms with Gasteiger partial charge in [-0.1, -0.05) is 12.1 Å². The molecule has 4 nitrogen and oxygen atoms in total.